The quantitative estimate of drug-likeness (QED) is 0.387. The molecule has 7 nitrogen and oxygen atoms in total. The van der Waals surface area contributed by atoms with E-state index in [1.807, 2.05) is 19.1 Å². The molecule has 0 atom stereocenters. The van der Waals surface area contributed by atoms with Gasteiger partial charge < -0.3 is 9.84 Å². The van der Waals surface area contributed by atoms with E-state index in [4.69, 9.17) is 4.74 Å². The van der Waals surface area contributed by atoms with Gasteiger partial charge in [0.25, 0.3) is 5.91 Å². The van der Waals surface area contributed by atoms with Crippen LogP contribution in [-0.4, -0.2) is 34.0 Å². The zero-order valence-corrected chi connectivity index (χ0v) is 17.3. The summed E-state index contributed by atoms with van der Waals surface area (Å²) in [5.74, 6) is 0.625. The number of carbonyl (C=O) groups excluding carboxylic acids is 1. The molecule has 3 N–H and O–H groups in total. The Kier molecular flexibility index (Phi) is 6.85. The van der Waals surface area contributed by atoms with Crippen molar-refractivity contribution in [3.63, 3.8) is 0 Å². The lowest BCUT2D eigenvalue weighted by atomic mass is 10.0. The Hall–Kier alpha value is -3.61. The van der Waals surface area contributed by atoms with Crippen LogP contribution >= 0.6 is 0 Å². The zero-order valence-electron chi connectivity index (χ0n) is 17.3. The van der Waals surface area contributed by atoms with Crippen molar-refractivity contribution in [3.05, 3.63) is 65.4 Å². The number of aromatic amines is 1. The van der Waals surface area contributed by atoms with Crippen molar-refractivity contribution in [3.8, 4) is 22.8 Å². The monoisotopic (exact) mass is 406 g/mol. The molecule has 1 amide bonds. The fraction of sp³-hybridized carbons (Fsp3) is 0.261. The molecule has 0 fully saturated rings. The molecule has 0 aliphatic carbocycles. The number of phenols is 1. The van der Waals surface area contributed by atoms with Gasteiger partial charge in [0.2, 0.25) is 0 Å². The highest BCUT2D eigenvalue weighted by Crippen LogP contribution is 2.26. The van der Waals surface area contributed by atoms with Crippen molar-refractivity contribution in [2.24, 2.45) is 11.0 Å². The second kappa shape index (κ2) is 9.73. The number of aromatic hydroxyl groups is 1. The van der Waals surface area contributed by atoms with E-state index >= 15 is 0 Å². The minimum absolute atomic E-state index is 0.0558. The number of aromatic nitrogens is 2. The maximum Gasteiger partial charge on any atom is 0.289 e. The van der Waals surface area contributed by atoms with Gasteiger partial charge in [0.1, 0.15) is 5.69 Å². The highest BCUT2D eigenvalue weighted by atomic mass is 16.5. The van der Waals surface area contributed by atoms with Crippen LogP contribution in [0.4, 0.5) is 0 Å². The van der Waals surface area contributed by atoms with Crippen LogP contribution in [0.25, 0.3) is 11.3 Å². The summed E-state index contributed by atoms with van der Waals surface area (Å²) in [6, 6.07) is 14.7. The third-order valence-corrected chi connectivity index (χ3v) is 4.38. The van der Waals surface area contributed by atoms with Gasteiger partial charge in [-0.25, -0.2) is 5.43 Å². The second-order valence-corrected chi connectivity index (χ2v) is 7.32. The largest absolute Gasteiger partial charge is 0.504 e. The Morgan fingerprint density at radius 2 is 2.00 bits per heavy atom. The molecule has 0 bridgehead atoms. The lowest BCUT2D eigenvalue weighted by Crippen LogP contribution is -2.18. The van der Waals surface area contributed by atoms with E-state index < -0.39 is 5.91 Å². The Labute approximate surface area is 175 Å². The number of amides is 1. The number of nitrogens with one attached hydrogen (secondary N) is 2. The maximum absolute atomic E-state index is 12.3. The average molecular weight is 406 g/mol. The van der Waals surface area contributed by atoms with Gasteiger partial charge in [-0.3, -0.25) is 9.89 Å². The highest BCUT2D eigenvalue weighted by molar-refractivity contribution is 5.94. The van der Waals surface area contributed by atoms with Crippen molar-refractivity contribution in [1.82, 2.24) is 15.6 Å². The number of hydrazone groups is 1. The van der Waals surface area contributed by atoms with Crippen LogP contribution in [0.1, 0.15) is 42.4 Å². The third-order valence-electron chi connectivity index (χ3n) is 4.38. The van der Waals surface area contributed by atoms with Crippen LogP contribution < -0.4 is 10.2 Å². The van der Waals surface area contributed by atoms with Crippen LogP contribution in [0.15, 0.2) is 53.6 Å². The number of hydrogen-bond donors (Lipinski definition) is 3. The standard InChI is InChI=1S/C23H26N4O3/c1-4-30-22-12-17(7-10-21(22)28)14-24-27-23(29)20-13-19(25-26-20)18-8-5-16(6-9-18)11-15(2)3/h5-10,12-15,28H,4,11H2,1-3H3,(H,25,26)(H,27,29). The normalized spacial score (nSPS) is 11.2. The van der Waals surface area contributed by atoms with Gasteiger partial charge >= 0.3 is 0 Å². The summed E-state index contributed by atoms with van der Waals surface area (Å²) in [5, 5.41) is 20.7. The Balaban J connectivity index is 1.62. The molecule has 30 heavy (non-hydrogen) atoms. The lowest BCUT2D eigenvalue weighted by Gasteiger charge is -2.05. The topological polar surface area (TPSA) is 99.6 Å². The number of carbonyl (C=O) groups is 1. The maximum atomic E-state index is 12.3. The van der Waals surface area contributed by atoms with E-state index in [1.165, 1.54) is 17.8 Å². The van der Waals surface area contributed by atoms with Crippen LogP contribution in [0.5, 0.6) is 11.5 Å². The molecule has 0 aliphatic rings. The van der Waals surface area contributed by atoms with E-state index in [2.05, 4.69) is 46.7 Å². The number of H-pyrrole nitrogens is 1. The van der Waals surface area contributed by atoms with Gasteiger partial charge in [-0.05, 0) is 54.7 Å². The van der Waals surface area contributed by atoms with Crippen molar-refractivity contribution in [2.45, 2.75) is 27.2 Å². The van der Waals surface area contributed by atoms with E-state index in [-0.39, 0.29) is 5.75 Å². The average Bonchev–Trinajstić information content (AvgIpc) is 3.21. The zero-order chi connectivity index (χ0) is 21.5. The first kappa shape index (κ1) is 21.1. The van der Waals surface area contributed by atoms with Gasteiger partial charge in [0.15, 0.2) is 11.5 Å². The summed E-state index contributed by atoms with van der Waals surface area (Å²) in [6.45, 7) is 6.65. The van der Waals surface area contributed by atoms with Crippen molar-refractivity contribution >= 4 is 12.1 Å². The van der Waals surface area contributed by atoms with Crippen LogP contribution in [0.3, 0.4) is 0 Å². The first-order valence-electron chi connectivity index (χ1n) is 9.90. The summed E-state index contributed by atoms with van der Waals surface area (Å²) in [6.07, 6.45) is 2.50. The van der Waals surface area contributed by atoms with Gasteiger partial charge in [-0.2, -0.15) is 10.2 Å². The molecule has 3 aromatic rings. The second-order valence-electron chi connectivity index (χ2n) is 7.32. The number of rotatable bonds is 8. The van der Waals surface area contributed by atoms with Gasteiger partial charge in [0.05, 0.1) is 18.5 Å². The first-order valence-corrected chi connectivity index (χ1v) is 9.90. The van der Waals surface area contributed by atoms with Gasteiger partial charge in [0, 0.05) is 5.56 Å². The molecule has 0 aliphatic heterocycles. The van der Waals surface area contributed by atoms with Crippen LogP contribution in [0, 0.1) is 5.92 Å². The Morgan fingerprint density at radius 3 is 2.70 bits per heavy atom. The molecule has 0 radical (unpaired) electrons. The van der Waals surface area contributed by atoms with E-state index in [1.54, 1.807) is 18.2 Å². The third kappa shape index (κ3) is 5.47. The van der Waals surface area contributed by atoms with Gasteiger partial charge in [-0.15, -0.1) is 0 Å². The number of benzene rings is 2. The van der Waals surface area contributed by atoms with Crippen LogP contribution in [-0.2, 0) is 6.42 Å². The van der Waals surface area contributed by atoms with Crippen molar-refractivity contribution < 1.29 is 14.6 Å². The molecule has 0 saturated heterocycles. The molecular weight excluding hydrogens is 380 g/mol. The Morgan fingerprint density at radius 1 is 1.23 bits per heavy atom. The summed E-state index contributed by atoms with van der Waals surface area (Å²) >= 11 is 0. The van der Waals surface area contributed by atoms with E-state index in [0.717, 1.165) is 12.0 Å². The van der Waals surface area contributed by atoms with Crippen LogP contribution in [0.2, 0.25) is 0 Å². The first-order chi connectivity index (χ1) is 14.5. The number of nitrogens with zero attached hydrogens (tertiary/aromatic N) is 2. The molecule has 3 rings (SSSR count). The molecule has 1 heterocycles. The summed E-state index contributed by atoms with van der Waals surface area (Å²) in [4.78, 5) is 12.3. The van der Waals surface area contributed by atoms with Gasteiger partial charge in [-0.1, -0.05) is 38.1 Å². The molecule has 156 valence electrons. The number of ether oxygens (including phenoxy) is 1. The molecule has 1 aromatic heterocycles. The molecule has 0 unspecified atom stereocenters. The molecule has 0 saturated carbocycles. The SMILES string of the molecule is CCOc1cc(C=NNC(=O)c2cc(-c3ccc(CC(C)C)cc3)n[nH]2)ccc1O. The molecular formula is C23H26N4O3. The molecule has 7 heteroatoms. The summed E-state index contributed by atoms with van der Waals surface area (Å²) < 4.78 is 5.33. The smallest absolute Gasteiger partial charge is 0.289 e. The highest BCUT2D eigenvalue weighted by Gasteiger charge is 2.11. The number of hydrogen-bond acceptors (Lipinski definition) is 5. The van der Waals surface area contributed by atoms with Crippen molar-refractivity contribution in [1.29, 1.82) is 0 Å². The predicted molar refractivity (Wildman–Crippen MR) is 117 cm³/mol. The summed E-state index contributed by atoms with van der Waals surface area (Å²) in [5.41, 5.74) is 6.37. The van der Waals surface area contributed by atoms with E-state index in [9.17, 15) is 9.90 Å². The minimum atomic E-state index is -0.398. The molecule has 0 spiro atoms. The number of phenolic OH excluding ortho intramolecular Hbond substituents is 1. The lowest BCUT2D eigenvalue weighted by molar-refractivity contribution is 0.0950. The fourth-order valence-corrected chi connectivity index (χ4v) is 2.98. The predicted octanol–water partition coefficient (Wildman–Crippen LogP) is 4.14. The summed E-state index contributed by atoms with van der Waals surface area (Å²) in [7, 11) is 0. The fourth-order valence-electron chi connectivity index (χ4n) is 2.98. The minimum Gasteiger partial charge on any atom is -0.504 e. The Bertz CT molecular complexity index is 1020. The van der Waals surface area contributed by atoms with Crippen molar-refractivity contribution in [2.75, 3.05) is 6.61 Å². The van der Waals surface area contributed by atoms with E-state index in [0.29, 0.717) is 35.2 Å². The molecule has 2 aromatic carbocycles.